The maximum absolute atomic E-state index is 12.1. The van der Waals surface area contributed by atoms with Gasteiger partial charge in [-0.2, -0.15) is 0 Å². The zero-order chi connectivity index (χ0) is 14.7. The molecule has 0 aromatic carbocycles. The van der Waals surface area contributed by atoms with Crippen molar-refractivity contribution in [3.8, 4) is 0 Å². The minimum Gasteiger partial charge on any atom is -0.339 e. The van der Waals surface area contributed by atoms with Crippen LogP contribution in [0.5, 0.6) is 0 Å². The monoisotopic (exact) mass is 294 g/mol. The molecule has 0 aliphatic carbocycles. The van der Waals surface area contributed by atoms with Crippen molar-refractivity contribution in [2.45, 2.75) is 20.3 Å². The van der Waals surface area contributed by atoms with Crippen molar-refractivity contribution < 1.29 is 9.72 Å². The predicted molar refractivity (Wildman–Crippen MR) is 79.5 cm³/mol. The van der Waals surface area contributed by atoms with Crippen LogP contribution in [0.4, 0.5) is 5.00 Å². The standard InChI is InChI=1S/C14H18N2O3S/c1-10-7-11(2)9-15(8-10)13(17)5-3-12-4-6-14(20-12)16(18)19/h3-6,10-11H,7-9H2,1-2H3/b5-3+/t10-,11+. The van der Waals surface area contributed by atoms with E-state index in [1.54, 1.807) is 12.1 Å². The Kier molecular flexibility index (Phi) is 4.54. The Balaban J connectivity index is 1.99. The van der Waals surface area contributed by atoms with E-state index in [0.29, 0.717) is 11.8 Å². The molecule has 2 rings (SSSR count). The number of hydrogen-bond donors (Lipinski definition) is 0. The second kappa shape index (κ2) is 6.17. The molecule has 0 radical (unpaired) electrons. The summed E-state index contributed by atoms with van der Waals surface area (Å²) in [4.78, 5) is 24.9. The number of thiophene rings is 1. The first-order chi connectivity index (χ1) is 9.45. The molecule has 0 saturated carbocycles. The molecule has 1 aliphatic heterocycles. The summed E-state index contributed by atoms with van der Waals surface area (Å²) >= 11 is 1.07. The van der Waals surface area contributed by atoms with Crippen LogP contribution in [0.15, 0.2) is 18.2 Å². The number of rotatable bonds is 3. The number of piperidine rings is 1. The minimum absolute atomic E-state index is 0.0144. The van der Waals surface area contributed by atoms with Crippen LogP contribution in [0.25, 0.3) is 6.08 Å². The molecule has 1 fully saturated rings. The lowest BCUT2D eigenvalue weighted by Crippen LogP contribution is -2.41. The molecule has 0 spiro atoms. The number of carbonyl (C=O) groups excluding carboxylic acids is 1. The van der Waals surface area contributed by atoms with Gasteiger partial charge < -0.3 is 4.90 Å². The number of amides is 1. The Morgan fingerprint density at radius 1 is 1.40 bits per heavy atom. The highest BCUT2D eigenvalue weighted by atomic mass is 32.1. The second-order valence-electron chi connectivity index (χ2n) is 5.46. The molecule has 1 aromatic heterocycles. The van der Waals surface area contributed by atoms with E-state index in [9.17, 15) is 14.9 Å². The van der Waals surface area contributed by atoms with Gasteiger partial charge in [-0.1, -0.05) is 25.2 Å². The molecule has 108 valence electrons. The summed E-state index contributed by atoms with van der Waals surface area (Å²) in [6.07, 6.45) is 4.33. The molecule has 1 saturated heterocycles. The quantitative estimate of drug-likeness (QED) is 0.488. The van der Waals surface area contributed by atoms with Crippen molar-refractivity contribution in [2.75, 3.05) is 13.1 Å². The average molecular weight is 294 g/mol. The Labute approximate surface area is 122 Å². The van der Waals surface area contributed by atoms with Gasteiger partial charge >= 0.3 is 5.00 Å². The van der Waals surface area contributed by atoms with E-state index >= 15 is 0 Å². The van der Waals surface area contributed by atoms with Crippen LogP contribution in [-0.2, 0) is 4.79 Å². The smallest absolute Gasteiger partial charge is 0.324 e. The van der Waals surface area contributed by atoms with Gasteiger partial charge in [-0.25, -0.2) is 0 Å². The van der Waals surface area contributed by atoms with Crippen LogP contribution in [-0.4, -0.2) is 28.8 Å². The summed E-state index contributed by atoms with van der Waals surface area (Å²) < 4.78 is 0. The first kappa shape index (κ1) is 14.7. The van der Waals surface area contributed by atoms with Crippen molar-refractivity contribution in [3.05, 3.63) is 33.2 Å². The molecule has 20 heavy (non-hydrogen) atoms. The van der Waals surface area contributed by atoms with Crippen molar-refractivity contribution in [2.24, 2.45) is 11.8 Å². The highest BCUT2D eigenvalue weighted by molar-refractivity contribution is 7.16. The molecular formula is C14H18N2O3S. The van der Waals surface area contributed by atoms with E-state index in [2.05, 4.69) is 13.8 Å². The molecule has 6 heteroatoms. The van der Waals surface area contributed by atoms with Crippen LogP contribution in [0.1, 0.15) is 25.1 Å². The average Bonchev–Trinajstić information content (AvgIpc) is 2.83. The summed E-state index contributed by atoms with van der Waals surface area (Å²) in [5, 5.41) is 10.7. The van der Waals surface area contributed by atoms with Crippen LogP contribution < -0.4 is 0 Å². The van der Waals surface area contributed by atoms with Gasteiger partial charge in [0.05, 0.1) is 4.92 Å². The maximum atomic E-state index is 12.1. The summed E-state index contributed by atoms with van der Waals surface area (Å²) in [5.41, 5.74) is 0. The normalized spacial score (nSPS) is 23.2. The number of likely N-dealkylation sites (tertiary alicyclic amines) is 1. The van der Waals surface area contributed by atoms with Crippen molar-refractivity contribution in [1.29, 1.82) is 0 Å². The van der Waals surface area contributed by atoms with Crippen LogP contribution in [0.3, 0.4) is 0 Å². The van der Waals surface area contributed by atoms with Gasteiger partial charge in [0, 0.05) is 30.1 Å². The first-order valence-corrected chi connectivity index (χ1v) is 7.48. The highest BCUT2D eigenvalue weighted by Gasteiger charge is 2.24. The third-order valence-corrected chi connectivity index (χ3v) is 4.37. The van der Waals surface area contributed by atoms with Gasteiger partial charge in [0.2, 0.25) is 5.91 Å². The zero-order valence-electron chi connectivity index (χ0n) is 11.6. The van der Waals surface area contributed by atoms with Crippen molar-refractivity contribution >= 4 is 28.3 Å². The minimum atomic E-state index is -0.419. The van der Waals surface area contributed by atoms with Gasteiger partial charge in [0.25, 0.3) is 0 Å². The molecule has 2 heterocycles. The molecule has 0 bridgehead atoms. The fraction of sp³-hybridized carbons (Fsp3) is 0.500. The number of nitrogens with zero attached hydrogens (tertiary/aromatic N) is 2. The number of hydrogen-bond acceptors (Lipinski definition) is 4. The summed E-state index contributed by atoms with van der Waals surface area (Å²) in [5.74, 6) is 1.04. The summed E-state index contributed by atoms with van der Waals surface area (Å²) in [7, 11) is 0. The SMILES string of the molecule is C[C@@H]1C[C@H](C)CN(C(=O)/C=C/c2ccc([N+](=O)[O-])s2)C1. The van der Waals surface area contributed by atoms with E-state index in [-0.39, 0.29) is 10.9 Å². The molecule has 2 atom stereocenters. The predicted octanol–water partition coefficient (Wildman–Crippen LogP) is 3.17. The lowest BCUT2D eigenvalue weighted by Gasteiger charge is -2.34. The summed E-state index contributed by atoms with van der Waals surface area (Å²) in [6, 6.07) is 3.12. The van der Waals surface area contributed by atoms with E-state index in [0.717, 1.165) is 35.7 Å². The number of carbonyl (C=O) groups is 1. The molecular weight excluding hydrogens is 276 g/mol. The van der Waals surface area contributed by atoms with Crippen molar-refractivity contribution in [3.63, 3.8) is 0 Å². The van der Waals surface area contributed by atoms with Crippen LogP contribution in [0.2, 0.25) is 0 Å². The van der Waals surface area contributed by atoms with Gasteiger partial charge in [-0.05, 0) is 30.4 Å². The molecule has 5 nitrogen and oxygen atoms in total. The molecule has 0 unspecified atom stereocenters. The van der Waals surface area contributed by atoms with Crippen LogP contribution in [0, 0.1) is 22.0 Å². The fourth-order valence-electron chi connectivity index (χ4n) is 2.63. The van der Waals surface area contributed by atoms with E-state index < -0.39 is 4.92 Å². The molecule has 1 aromatic rings. The Morgan fingerprint density at radius 3 is 2.60 bits per heavy atom. The Bertz CT molecular complexity index is 528. The van der Waals surface area contributed by atoms with Gasteiger partial charge in [-0.3, -0.25) is 14.9 Å². The van der Waals surface area contributed by atoms with Gasteiger partial charge in [0.1, 0.15) is 0 Å². The lowest BCUT2D eigenvalue weighted by atomic mass is 9.92. The lowest BCUT2D eigenvalue weighted by molar-refractivity contribution is -0.380. The maximum Gasteiger partial charge on any atom is 0.324 e. The first-order valence-electron chi connectivity index (χ1n) is 6.67. The third-order valence-electron chi connectivity index (χ3n) is 3.36. The number of nitro groups is 1. The second-order valence-corrected chi connectivity index (χ2v) is 6.55. The molecule has 1 aliphatic rings. The molecule has 1 amide bonds. The van der Waals surface area contributed by atoms with Crippen molar-refractivity contribution in [1.82, 2.24) is 4.90 Å². The fourth-order valence-corrected chi connectivity index (χ4v) is 3.36. The molecule has 0 N–H and O–H groups in total. The van der Waals surface area contributed by atoms with E-state index in [1.807, 2.05) is 4.90 Å². The van der Waals surface area contributed by atoms with E-state index in [1.165, 1.54) is 12.1 Å². The van der Waals surface area contributed by atoms with E-state index in [4.69, 9.17) is 0 Å². The van der Waals surface area contributed by atoms with Gasteiger partial charge in [-0.15, -0.1) is 0 Å². The Morgan fingerprint density at radius 2 is 2.05 bits per heavy atom. The summed E-state index contributed by atoms with van der Waals surface area (Å²) in [6.45, 7) is 5.89. The highest BCUT2D eigenvalue weighted by Crippen LogP contribution is 2.25. The third kappa shape index (κ3) is 3.66. The Hall–Kier alpha value is -1.69. The van der Waals surface area contributed by atoms with Gasteiger partial charge in [0.15, 0.2) is 0 Å². The largest absolute Gasteiger partial charge is 0.339 e. The topological polar surface area (TPSA) is 63.5 Å². The zero-order valence-corrected chi connectivity index (χ0v) is 12.4. The van der Waals surface area contributed by atoms with Crippen LogP contribution >= 0.6 is 11.3 Å².